The number of ether oxygens (including phenoxy) is 2. The molecule has 1 amide bonds. The summed E-state index contributed by atoms with van der Waals surface area (Å²) < 4.78 is 11.7. The second-order valence-corrected chi connectivity index (χ2v) is 8.57. The highest BCUT2D eigenvalue weighted by atomic mass is 16.5. The van der Waals surface area contributed by atoms with Crippen molar-refractivity contribution in [1.29, 1.82) is 0 Å². The molecule has 0 aliphatic carbocycles. The smallest absolute Gasteiger partial charge is 0.254 e. The van der Waals surface area contributed by atoms with Gasteiger partial charge in [-0.15, -0.1) is 0 Å². The monoisotopic (exact) mass is 408 g/mol. The van der Waals surface area contributed by atoms with Gasteiger partial charge < -0.3 is 14.4 Å². The zero-order valence-corrected chi connectivity index (χ0v) is 18.0. The molecular formula is C25H32N2O3. The fourth-order valence-electron chi connectivity index (χ4n) is 4.62. The maximum atomic E-state index is 13.2. The van der Waals surface area contributed by atoms with Gasteiger partial charge in [0.2, 0.25) is 0 Å². The molecule has 0 saturated carbocycles. The minimum absolute atomic E-state index is 0.126. The summed E-state index contributed by atoms with van der Waals surface area (Å²) in [4.78, 5) is 17.7. The van der Waals surface area contributed by atoms with E-state index in [2.05, 4.69) is 23.6 Å². The summed E-state index contributed by atoms with van der Waals surface area (Å²) in [6.07, 6.45) is 2.65. The number of amides is 1. The van der Waals surface area contributed by atoms with Crippen molar-refractivity contribution in [3.63, 3.8) is 0 Å². The molecule has 5 heteroatoms. The molecular weight excluding hydrogens is 376 g/mol. The molecule has 3 unspecified atom stereocenters. The van der Waals surface area contributed by atoms with Crippen molar-refractivity contribution in [2.75, 3.05) is 26.2 Å². The Hall–Kier alpha value is -2.37. The van der Waals surface area contributed by atoms with E-state index in [0.29, 0.717) is 6.61 Å². The lowest BCUT2D eigenvalue weighted by Gasteiger charge is -2.38. The van der Waals surface area contributed by atoms with E-state index in [1.165, 1.54) is 0 Å². The lowest BCUT2D eigenvalue weighted by atomic mass is 10.1. The molecule has 0 spiro atoms. The molecule has 30 heavy (non-hydrogen) atoms. The van der Waals surface area contributed by atoms with E-state index in [4.69, 9.17) is 9.47 Å². The van der Waals surface area contributed by atoms with Crippen LogP contribution in [0.4, 0.5) is 0 Å². The number of nitrogens with zero attached hydrogens (tertiary/aromatic N) is 2. The summed E-state index contributed by atoms with van der Waals surface area (Å²) in [5.41, 5.74) is 1.86. The number of carbonyl (C=O) groups is 1. The highest BCUT2D eigenvalue weighted by Gasteiger charge is 2.32. The van der Waals surface area contributed by atoms with Crippen LogP contribution in [0.1, 0.15) is 42.6 Å². The summed E-state index contributed by atoms with van der Waals surface area (Å²) in [5, 5.41) is 0. The van der Waals surface area contributed by atoms with Gasteiger partial charge in [0.15, 0.2) is 0 Å². The van der Waals surface area contributed by atoms with Gasteiger partial charge in [-0.1, -0.05) is 30.3 Å². The summed E-state index contributed by atoms with van der Waals surface area (Å²) in [6.45, 7) is 8.43. The Morgan fingerprint density at radius 1 is 1.03 bits per heavy atom. The van der Waals surface area contributed by atoms with Gasteiger partial charge in [0, 0.05) is 37.8 Å². The zero-order chi connectivity index (χ0) is 20.9. The first-order chi connectivity index (χ1) is 14.6. The standard InChI is InChI=1S/C25H32N2O3/c1-19-15-26(16-20(2)30-19)17-23-9-6-14-27(23)25(28)22-10-12-24(13-11-22)29-18-21-7-4-3-5-8-21/h3-5,7-8,10-13,19-20,23H,6,9,14-18H2,1-2H3. The van der Waals surface area contributed by atoms with E-state index in [-0.39, 0.29) is 24.2 Å². The second kappa shape index (κ2) is 9.63. The number of morpholine rings is 1. The normalized spacial score (nSPS) is 24.7. The summed E-state index contributed by atoms with van der Waals surface area (Å²) >= 11 is 0. The first kappa shape index (κ1) is 20.9. The van der Waals surface area contributed by atoms with Crippen LogP contribution in [0.2, 0.25) is 0 Å². The van der Waals surface area contributed by atoms with E-state index in [1.54, 1.807) is 0 Å². The predicted molar refractivity (Wildman–Crippen MR) is 118 cm³/mol. The van der Waals surface area contributed by atoms with Crippen LogP contribution in [0, 0.1) is 0 Å². The third-order valence-corrected chi connectivity index (χ3v) is 5.95. The second-order valence-electron chi connectivity index (χ2n) is 8.57. The van der Waals surface area contributed by atoms with E-state index in [9.17, 15) is 4.79 Å². The average molecular weight is 409 g/mol. The lowest BCUT2D eigenvalue weighted by Crippen LogP contribution is -2.50. The van der Waals surface area contributed by atoms with Crippen molar-refractivity contribution in [2.45, 2.75) is 51.5 Å². The van der Waals surface area contributed by atoms with Crippen LogP contribution in [0.25, 0.3) is 0 Å². The molecule has 2 aromatic carbocycles. The number of hydrogen-bond donors (Lipinski definition) is 0. The number of rotatable bonds is 6. The van der Waals surface area contributed by atoms with Gasteiger partial charge in [0.05, 0.1) is 12.2 Å². The van der Waals surface area contributed by atoms with Crippen molar-refractivity contribution >= 4 is 5.91 Å². The van der Waals surface area contributed by atoms with Gasteiger partial charge in [-0.2, -0.15) is 0 Å². The van der Waals surface area contributed by atoms with Crippen LogP contribution in [0.15, 0.2) is 54.6 Å². The largest absolute Gasteiger partial charge is 0.489 e. The Morgan fingerprint density at radius 2 is 1.73 bits per heavy atom. The van der Waals surface area contributed by atoms with Crippen LogP contribution in [-0.2, 0) is 11.3 Å². The van der Waals surface area contributed by atoms with E-state index < -0.39 is 0 Å². The van der Waals surface area contributed by atoms with Crippen molar-refractivity contribution in [2.24, 2.45) is 0 Å². The number of carbonyl (C=O) groups excluding carboxylic acids is 1. The van der Waals surface area contributed by atoms with Crippen molar-refractivity contribution in [1.82, 2.24) is 9.80 Å². The minimum atomic E-state index is 0.126. The van der Waals surface area contributed by atoms with Gasteiger partial charge in [-0.3, -0.25) is 9.69 Å². The first-order valence-corrected chi connectivity index (χ1v) is 11.0. The number of benzene rings is 2. The molecule has 2 aromatic rings. The molecule has 5 nitrogen and oxygen atoms in total. The number of hydrogen-bond acceptors (Lipinski definition) is 4. The van der Waals surface area contributed by atoms with Crippen LogP contribution < -0.4 is 4.74 Å². The van der Waals surface area contributed by atoms with Gasteiger partial charge >= 0.3 is 0 Å². The van der Waals surface area contributed by atoms with E-state index in [0.717, 1.165) is 55.9 Å². The highest BCUT2D eigenvalue weighted by Crippen LogP contribution is 2.24. The molecule has 0 N–H and O–H groups in total. The maximum absolute atomic E-state index is 13.2. The first-order valence-electron chi connectivity index (χ1n) is 11.0. The molecule has 160 valence electrons. The molecule has 0 bridgehead atoms. The minimum Gasteiger partial charge on any atom is -0.489 e. The Labute approximate surface area is 179 Å². The SMILES string of the molecule is CC1CN(CC2CCCN2C(=O)c2ccc(OCc3ccccc3)cc2)CC(C)O1. The van der Waals surface area contributed by atoms with Gasteiger partial charge in [-0.05, 0) is 56.5 Å². The van der Waals surface area contributed by atoms with Gasteiger partial charge in [0.1, 0.15) is 12.4 Å². The summed E-state index contributed by atoms with van der Waals surface area (Å²) in [6, 6.07) is 17.9. The maximum Gasteiger partial charge on any atom is 0.254 e. The molecule has 0 radical (unpaired) electrons. The topological polar surface area (TPSA) is 42.0 Å². The van der Waals surface area contributed by atoms with Crippen molar-refractivity contribution in [3.05, 3.63) is 65.7 Å². The molecule has 4 rings (SSSR count). The van der Waals surface area contributed by atoms with Gasteiger partial charge in [-0.25, -0.2) is 0 Å². The molecule has 0 aromatic heterocycles. The molecule has 2 fully saturated rings. The summed E-state index contributed by atoms with van der Waals surface area (Å²) in [7, 11) is 0. The zero-order valence-electron chi connectivity index (χ0n) is 18.0. The number of likely N-dealkylation sites (tertiary alicyclic amines) is 1. The Morgan fingerprint density at radius 3 is 2.43 bits per heavy atom. The van der Waals surface area contributed by atoms with Crippen molar-refractivity contribution in [3.8, 4) is 5.75 Å². The summed E-state index contributed by atoms with van der Waals surface area (Å²) in [5.74, 6) is 0.908. The molecule has 2 saturated heterocycles. The Balaban J connectivity index is 1.34. The van der Waals surface area contributed by atoms with E-state index in [1.807, 2.05) is 54.6 Å². The molecule has 2 heterocycles. The quantitative estimate of drug-likeness (QED) is 0.725. The third kappa shape index (κ3) is 5.21. The Kier molecular flexibility index (Phi) is 6.70. The Bertz CT molecular complexity index is 814. The predicted octanol–water partition coefficient (Wildman–Crippen LogP) is 3.98. The fraction of sp³-hybridized carbons (Fsp3) is 0.480. The fourth-order valence-corrected chi connectivity index (χ4v) is 4.62. The highest BCUT2D eigenvalue weighted by molar-refractivity contribution is 5.94. The van der Waals surface area contributed by atoms with Crippen LogP contribution in [-0.4, -0.2) is 60.1 Å². The van der Waals surface area contributed by atoms with E-state index >= 15 is 0 Å². The lowest BCUT2D eigenvalue weighted by molar-refractivity contribution is -0.0715. The van der Waals surface area contributed by atoms with Crippen LogP contribution in [0.5, 0.6) is 5.75 Å². The van der Waals surface area contributed by atoms with Crippen molar-refractivity contribution < 1.29 is 14.3 Å². The van der Waals surface area contributed by atoms with Gasteiger partial charge in [0.25, 0.3) is 5.91 Å². The molecule has 3 atom stereocenters. The third-order valence-electron chi connectivity index (χ3n) is 5.95. The van der Waals surface area contributed by atoms with Crippen LogP contribution in [0.3, 0.4) is 0 Å². The molecule has 2 aliphatic heterocycles. The average Bonchev–Trinajstić information content (AvgIpc) is 3.20. The molecule has 2 aliphatic rings. The van der Waals surface area contributed by atoms with Crippen LogP contribution >= 0.6 is 0 Å².